The molecule has 0 radical (unpaired) electrons. The zero-order chi connectivity index (χ0) is 18.5. The lowest BCUT2D eigenvalue weighted by atomic mass is 10.0. The van der Waals surface area contributed by atoms with Crippen LogP contribution in [0, 0.1) is 6.92 Å². The Bertz CT molecular complexity index is 887. The van der Waals surface area contributed by atoms with Crippen LogP contribution in [0.1, 0.15) is 41.4 Å². The van der Waals surface area contributed by atoms with Gasteiger partial charge in [0.05, 0.1) is 12.4 Å². The standard InChI is InChI=1S/C21H22N4O/c1-14(2)17-6-4-5-7-18(17)25-21(26)19-12-23-20(13-22-19)24-16-10-8-15(3)9-11-16/h4-14H,1-3H3,(H,23,24)(H,25,26). The van der Waals surface area contributed by atoms with E-state index in [9.17, 15) is 4.79 Å². The summed E-state index contributed by atoms with van der Waals surface area (Å²) in [6, 6.07) is 15.8. The summed E-state index contributed by atoms with van der Waals surface area (Å²) in [5.74, 6) is 0.638. The minimum atomic E-state index is -0.271. The van der Waals surface area contributed by atoms with Crippen LogP contribution < -0.4 is 10.6 Å². The summed E-state index contributed by atoms with van der Waals surface area (Å²) in [5, 5.41) is 6.09. The second-order valence-corrected chi connectivity index (χ2v) is 6.47. The average Bonchev–Trinajstić information content (AvgIpc) is 2.64. The van der Waals surface area contributed by atoms with Gasteiger partial charge in [-0.1, -0.05) is 49.7 Å². The fourth-order valence-electron chi connectivity index (χ4n) is 2.60. The van der Waals surface area contributed by atoms with Crippen LogP contribution in [0.5, 0.6) is 0 Å². The molecule has 0 atom stereocenters. The number of aromatic nitrogens is 2. The number of benzene rings is 2. The summed E-state index contributed by atoms with van der Waals surface area (Å²) >= 11 is 0. The van der Waals surface area contributed by atoms with E-state index in [4.69, 9.17) is 0 Å². The van der Waals surface area contributed by atoms with E-state index in [2.05, 4.69) is 34.4 Å². The van der Waals surface area contributed by atoms with E-state index in [-0.39, 0.29) is 11.6 Å². The Morgan fingerprint density at radius 1 is 0.962 bits per heavy atom. The first-order chi connectivity index (χ1) is 12.5. The zero-order valence-electron chi connectivity index (χ0n) is 15.2. The molecule has 0 unspecified atom stereocenters. The topological polar surface area (TPSA) is 66.9 Å². The number of carbonyl (C=O) groups is 1. The Kier molecular flexibility index (Phi) is 5.27. The highest BCUT2D eigenvalue weighted by Gasteiger charge is 2.12. The maximum atomic E-state index is 12.5. The molecule has 132 valence electrons. The lowest BCUT2D eigenvalue weighted by Crippen LogP contribution is -2.15. The van der Waals surface area contributed by atoms with Crippen LogP contribution in [-0.2, 0) is 0 Å². The quantitative estimate of drug-likeness (QED) is 0.689. The third kappa shape index (κ3) is 4.25. The maximum Gasteiger partial charge on any atom is 0.275 e. The van der Waals surface area contributed by atoms with Gasteiger partial charge in [-0.25, -0.2) is 9.97 Å². The van der Waals surface area contributed by atoms with E-state index in [1.165, 1.54) is 11.8 Å². The number of hydrogen-bond donors (Lipinski definition) is 2. The van der Waals surface area contributed by atoms with Crippen molar-refractivity contribution >= 4 is 23.1 Å². The molecular formula is C21H22N4O. The smallest absolute Gasteiger partial charge is 0.275 e. The summed E-state index contributed by atoms with van der Waals surface area (Å²) in [6.45, 7) is 6.22. The number of rotatable bonds is 5. The van der Waals surface area contributed by atoms with Crippen molar-refractivity contribution in [3.05, 3.63) is 77.7 Å². The Hall–Kier alpha value is -3.21. The first-order valence-electron chi connectivity index (χ1n) is 8.59. The molecule has 0 bridgehead atoms. The maximum absolute atomic E-state index is 12.5. The fraction of sp³-hybridized carbons (Fsp3) is 0.190. The number of para-hydroxylation sites is 1. The number of carbonyl (C=O) groups excluding carboxylic acids is 1. The predicted octanol–water partition coefficient (Wildman–Crippen LogP) is 4.90. The predicted molar refractivity (Wildman–Crippen MR) is 105 cm³/mol. The van der Waals surface area contributed by atoms with Crippen LogP contribution >= 0.6 is 0 Å². The molecule has 26 heavy (non-hydrogen) atoms. The molecule has 0 saturated heterocycles. The molecule has 0 aliphatic rings. The summed E-state index contributed by atoms with van der Waals surface area (Å²) in [4.78, 5) is 21.0. The van der Waals surface area contributed by atoms with E-state index in [0.29, 0.717) is 11.7 Å². The molecule has 2 N–H and O–H groups in total. The van der Waals surface area contributed by atoms with Crippen molar-refractivity contribution in [3.63, 3.8) is 0 Å². The van der Waals surface area contributed by atoms with Crippen LogP contribution in [0.15, 0.2) is 60.9 Å². The van der Waals surface area contributed by atoms with Crippen molar-refractivity contribution in [2.24, 2.45) is 0 Å². The van der Waals surface area contributed by atoms with Crippen molar-refractivity contribution in [2.45, 2.75) is 26.7 Å². The minimum Gasteiger partial charge on any atom is -0.339 e. The van der Waals surface area contributed by atoms with E-state index in [1.54, 1.807) is 6.20 Å². The second kappa shape index (κ2) is 7.78. The molecule has 1 amide bonds. The minimum absolute atomic E-state index is 0.271. The highest BCUT2D eigenvalue weighted by atomic mass is 16.1. The van der Waals surface area contributed by atoms with Crippen molar-refractivity contribution in [1.29, 1.82) is 0 Å². The molecule has 3 rings (SSSR count). The molecule has 0 fully saturated rings. The van der Waals surface area contributed by atoms with Gasteiger partial charge in [-0.15, -0.1) is 0 Å². The normalized spacial score (nSPS) is 10.6. The van der Waals surface area contributed by atoms with Gasteiger partial charge in [0, 0.05) is 11.4 Å². The molecule has 0 saturated carbocycles. The highest BCUT2D eigenvalue weighted by Crippen LogP contribution is 2.24. The van der Waals surface area contributed by atoms with Gasteiger partial charge in [0.25, 0.3) is 5.91 Å². The molecule has 1 aromatic heterocycles. The number of amides is 1. The van der Waals surface area contributed by atoms with Gasteiger partial charge < -0.3 is 10.6 Å². The van der Waals surface area contributed by atoms with E-state index < -0.39 is 0 Å². The van der Waals surface area contributed by atoms with Crippen molar-refractivity contribution in [3.8, 4) is 0 Å². The number of nitrogens with zero attached hydrogens (tertiary/aromatic N) is 2. The Morgan fingerprint density at radius 2 is 1.69 bits per heavy atom. The van der Waals surface area contributed by atoms with Crippen LogP contribution in [0.3, 0.4) is 0 Å². The Morgan fingerprint density at radius 3 is 2.35 bits per heavy atom. The van der Waals surface area contributed by atoms with Gasteiger partial charge in [0.2, 0.25) is 0 Å². The van der Waals surface area contributed by atoms with Crippen LogP contribution in [0.4, 0.5) is 17.2 Å². The number of hydrogen-bond acceptors (Lipinski definition) is 4. The molecule has 5 nitrogen and oxygen atoms in total. The van der Waals surface area contributed by atoms with E-state index in [1.807, 2.05) is 55.5 Å². The molecule has 0 aliphatic carbocycles. The van der Waals surface area contributed by atoms with Gasteiger partial charge in [-0.3, -0.25) is 4.79 Å². The first kappa shape index (κ1) is 17.6. The second-order valence-electron chi connectivity index (χ2n) is 6.47. The molecule has 1 heterocycles. The summed E-state index contributed by atoms with van der Waals surface area (Å²) < 4.78 is 0. The molecule has 5 heteroatoms. The number of anilines is 3. The third-order valence-electron chi connectivity index (χ3n) is 4.04. The van der Waals surface area contributed by atoms with Crippen LogP contribution in [0.2, 0.25) is 0 Å². The van der Waals surface area contributed by atoms with E-state index >= 15 is 0 Å². The van der Waals surface area contributed by atoms with Crippen LogP contribution in [0.25, 0.3) is 0 Å². The first-order valence-corrected chi connectivity index (χ1v) is 8.59. The van der Waals surface area contributed by atoms with Crippen molar-refractivity contribution in [1.82, 2.24) is 9.97 Å². The molecular weight excluding hydrogens is 324 g/mol. The van der Waals surface area contributed by atoms with Gasteiger partial charge in [0.15, 0.2) is 0 Å². The van der Waals surface area contributed by atoms with Crippen molar-refractivity contribution in [2.75, 3.05) is 10.6 Å². The molecule has 0 spiro atoms. The van der Waals surface area contributed by atoms with Gasteiger partial charge in [0.1, 0.15) is 11.5 Å². The summed E-state index contributed by atoms with van der Waals surface area (Å²) in [6.07, 6.45) is 3.03. The molecule has 2 aromatic carbocycles. The summed E-state index contributed by atoms with van der Waals surface area (Å²) in [5.41, 5.74) is 4.28. The lowest BCUT2D eigenvalue weighted by molar-refractivity contribution is 0.102. The molecule has 0 aliphatic heterocycles. The van der Waals surface area contributed by atoms with E-state index in [0.717, 1.165) is 16.9 Å². The highest BCUT2D eigenvalue weighted by molar-refractivity contribution is 6.03. The largest absolute Gasteiger partial charge is 0.339 e. The SMILES string of the molecule is Cc1ccc(Nc2cnc(C(=O)Nc3ccccc3C(C)C)cn2)cc1. The Balaban J connectivity index is 1.70. The van der Waals surface area contributed by atoms with Crippen LogP contribution in [-0.4, -0.2) is 15.9 Å². The third-order valence-corrected chi connectivity index (χ3v) is 4.04. The number of aryl methyl sites for hydroxylation is 1. The van der Waals surface area contributed by atoms with Gasteiger partial charge >= 0.3 is 0 Å². The lowest BCUT2D eigenvalue weighted by Gasteiger charge is -2.13. The fourth-order valence-corrected chi connectivity index (χ4v) is 2.60. The molecule has 3 aromatic rings. The van der Waals surface area contributed by atoms with Gasteiger partial charge in [-0.05, 0) is 36.6 Å². The number of nitrogens with one attached hydrogen (secondary N) is 2. The van der Waals surface area contributed by atoms with Crippen molar-refractivity contribution < 1.29 is 4.79 Å². The monoisotopic (exact) mass is 346 g/mol. The Labute approximate surface area is 153 Å². The zero-order valence-corrected chi connectivity index (χ0v) is 15.2. The van der Waals surface area contributed by atoms with Gasteiger partial charge in [-0.2, -0.15) is 0 Å². The average molecular weight is 346 g/mol. The summed E-state index contributed by atoms with van der Waals surface area (Å²) in [7, 11) is 0.